The molecule has 0 nitrogen and oxygen atoms in total. The molecule has 0 aromatic rings. The summed E-state index contributed by atoms with van der Waals surface area (Å²) >= 11 is 0. The molecule has 0 aliphatic heterocycles. The third-order valence-electron chi connectivity index (χ3n) is 0.745. The van der Waals surface area contributed by atoms with Gasteiger partial charge in [-0.1, -0.05) is 0 Å². The second-order valence-corrected chi connectivity index (χ2v) is 2.04. The standard InChI is InChI=1S/C3H3F5.C2HF5/c4-1-3(7,8)2(5)6;3-1(4)2(5,6)7/h2H,1H2;1H. The predicted octanol–water partition coefficient (Wildman–Crippen LogP) is 3.67. The second-order valence-electron chi connectivity index (χ2n) is 2.04. The molecule has 0 radical (unpaired) electrons. The van der Waals surface area contributed by atoms with Crippen LogP contribution in [0.25, 0.3) is 0 Å². The lowest BCUT2D eigenvalue weighted by Gasteiger charge is -2.08. The maximum Gasteiger partial charge on any atom is 0.450 e. The Morgan fingerprint density at radius 2 is 1.00 bits per heavy atom. The minimum absolute atomic E-state index is 2.30. The zero-order chi connectivity index (χ0) is 12.9. The summed E-state index contributed by atoms with van der Waals surface area (Å²) in [5, 5.41) is 0. The van der Waals surface area contributed by atoms with Crippen molar-refractivity contribution < 1.29 is 43.9 Å². The van der Waals surface area contributed by atoms with Crippen LogP contribution in [0.3, 0.4) is 0 Å². The van der Waals surface area contributed by atoms with Crippen molar-refractivity contribution in [2.45, 2.75) is 24.9 Å². The Morgan fingerprint density at radius 3 is 1.00 bits per heavy atom. The van der Waals surface area contributed by atoms with E-state index < -0.39 is 31.6 Å². The molecule has 0 aromatic carbocycles. The monoisotopic (exact) mass is 254 g/mol. The molecule has 15 heavy (non-hydrogen) atoms. The molecule has 0 bridgehead atoms. The van der Waals surface area contributed by atoms with Gasteiger partial charge in [0, 0.05) is 0 Å². The Kier molecular flexibility index (Phi) is 6.70. The molecule has 0 aliphatic carbocycles. The third-order valence-corrected chi connectivity index (χ3v) is 0.745. The van der Waals surface area contributed by atoms with Crippen molar-refractivity contribution in [1.29, 1.82) is 0 Å². The van der Waals surface area contributed by atoms with Gasteiger partial charge in [0.1, 0.15) is 0 Å². The lowest BCUT2D eigenvalue weighted by molar-refractivity contribution is -0.219. The fraction of sp³-hybridized carbons (Fsp3) is 1.00. The van der Waals surface area contributed by atoms with Crippen molar-refractivity contribution in [2.24, 2.45) is 0 Å². The molecular weight excluding hydrogens is 250 g/mol. The highest BCUT2D eigenvalue weighted by Gasteiger charge is 2.41. The van der Waals surface area contributed by atoms with Crippen LogP contribution >= 0.6 is 0 Å². The van der Waals surface area contributed by atoms with Gasteiger partial charge in [0.15, 0.2) is 6.67 Å². The normalized spacial score (nSPS) is 12.8. The second kappa shape index (κ2) is 6.01. The van der Waals surface area contributed by atoms with E-state index in [1.807, 2.05) is 0 Å². The number of halogens is 10. The van der Waals surface area contributed by atoms with Crippen LogP contribution in [-0.4, -0.2) is 31.6 Å². The molecule has 0 fully saturated rings. The molecule has 0 saturated heterocycles. The van der Waals surface area contributed by atoms with Gasteiger partial charge in [-0.25, -0.2) is 22.0 Å². The number of hydrogen-bond donors (Lipinski definition) is 0. The highest BCUT2D eigenvalue weighted by atomic mass is 19.4. The smallest absolute Gasteiger partial charge is 0.244 e. The van der Waals surface area contributed by atoms with Crippen molar-refractivity contribution >= 4 is 0 Å². The number of alkyl halides is 10. The number of rotatable bonds is 2. The SMILES string of the molecule is FC(F)C(F)(F)F.FCC(F)(F)C(F)F. The number of hydrogen-bond acceptors (Lipinski definition) is 0. The van der Waals surface area contributed by atoms with Crippen molar-refractivity contribution in [2.75, 3.05) is 6.67 Å². The van der Waals surface area contributed by atoms with Gasteiger partial charge < -0.3 is 0 Å². The first-order chi connectivity index (χ1) is 6.45. The molecule has 0 N–H and O–H groups in total. The van der Waals surface area contributed by atoms with Gasteiger partial charge in [-0.3, -0.25) is 0 Å². The van der Waals surface area contributed by atoms with Crippen LogP contribution in [0, 0.1) is 0 Å². The summed E-state index contributed by atoms with van der Waals surface area (Å²) in [6.07, 6.45) is -13.4. The Hall–Kier alpha value is -0.700. The molecular formula is C5H4F10. The van der Waals surface area contributed by atoms with E-state index in [1.165, 1.54) is 0 Å². The van der Waals surface area contributed by atoms with E-state index in [2.05, 4.69) is 0 Å². The van der Waals surface area contributed by atoms with Gasteiger partial charge >= 0.3 is 24.9 Å². The zero-order valence-electron chi connectivity index (χ0n) is 6.64. The molecule has 0 aromatic heterocycles. The average molecular weight is 254 g/mol. The first-order valence-corrected chi connectivity index (χ1v) is 3.02. The summed E-state index contributed by atoms with van der Waals surface area (Å²) in [7, 11) is 0. The predicted molar refractivity (Wildman–Crippen MR) is 29.0 cm³/mol. The van der Waals surface area contributed by atoms with Crippen LogP contribution in [0.1, 0.15) is 0 Å². The van der Waals surface area contributed by atoms with Crippen LogP contribution in [0.5, 0.6) is 0 Å². The molecule has 0 saturated carbocycles. The minimum Gasteiger partial charge on any atom is -0.244 e. The van der Waals surface area contributed by atoms with Crippen molar-refractivity contribution in [1.82, 2.24) is 0 Å². The van der Waals surface area contributed by atoms with Crippen molar-refractivity contribution in [3.8, 4) is 0 Å². The summed E-state index contributed by atoms with van der Waals surface area (Å²) in [6.45, 7) is -2.30. The van der Waals surface area contributed by atoms with Crippen LogP contribution in [0.2, 0.25) is 0 Å². The largest absolute Gasteiger partial charge is 0.450 e. The van der Waals surface area contributed by atoms with Gasteiger partial charge in [-0.05, 0) is 0 Å². The van der Waals surface area contributed by atoms with E-state index in [1.54, 1.807) is 0 Å². The van der Waals surface area contributed by atoms with E-state index in [-0.39, 0.29) is 0 Å². The Bertz CT molecular complexity index is 158. The average Bonchev–Trinajstić information content (AvgIpc) is 2.03. The summed E-state index contributed by atoms with van der Waals surface area (Å²) in [5.41, 5.74) is 0. The topological polar surface area (TPSA) is 0 Å². The van der Waals surface area contributed by atoms with Gasteiger partial charge in [-0.2, -0.15) is 22.0 Å². The van der Waals surface area contributed by atoms with Gasteiger partial charge in [0.2, 0.25) is 0 Å². The third kappa shape index (κ3) is 8.30. The van der Waals surface area contributed by atoms with Crippen molar-refractivity contribution in [3.05, 3.63) is 0 Å². The van der Waals surface area contributed by atoms with Crippen molar-refractivity contribution in [3.63, 3.8) is 0 Å². The van der Waals surface area contributed by atoms with E-state index in [4.69, 9.17) is 0 Å². The first-order valence-electron chi connectivity index (χ1n) is 3.02. The molecule has 10 heteroatoms. The van der Waals surface area contributed by atoms with E-state index in [0.29, 0.717) is 0 Å². The van der Waals surface area contributed by atoms with Crippen LogP contribution in [0.4, 0.5) is 43.9 Å². The van der Waals surface area contributed by atoms with Gasteiger partial charge in [0.05, 0.1) is 0 Å². The summed E-state index contributed by atoms with van der Waals surface area (Å²) in [5.74, 6) is -4.46. The highest BCUT2D eigenvalue weighted by molar-refractivity contribution is 4.65. The zero-order valence-corrected chi connectivity index (χ0v) is 6.64. The van der Waals surface area contributed by atoms with Crippen LogP contribution in [0.15, 0.2) is 0 Å². The molecule has 0 atom stereocenters. The lowest BCUT2D eigenvalue weighted by atomic mass is 10.4. The summed E-state index contributed by atoms with van der Waals surface area (Å²) in [6, 6.07) is 0. The quantitative estimate of drug-likeness (QED) is 0.659. The Balaban J connectivity index is 0. The van der Waals surface area contributed by atoms with Crippen LogP contribution < -0.4 is 0 Å². The molecule has 0 amide bonds. The van der Waals surface area contributed by atoms with Gasteiger partial charge in [-0.15, -0.1) is 0 Å². The summed E-state index contributed by atoms with van der Waals surface area (Å²) in [4.78, 5) is 0. The maximum absolute atomic E-state index is 11.2. The molecule has 0 heterocycles. The fourth-order valence-corrected chi connectivity index (χ4v) is 0.0583. The van der Waals surface area contributed by atoms with Gasteiger partial charge in [0.25, 0.3) is 0 Å². The molecule has 0 rings (SSSR count). The molecule has 0 aliphatic rings. The van der Waals surface area contributed by atoms with Crippen LogP contribution in [-0.2, 0) is 0 Å². The Morgan fingerprint density at radius 1 is 0.733 bits per heavy atom. The van der Waals surface area contributed by atoms with E-state index in [0.717, 1.165) is 0 Å². The maximum atomic E-state index is 11.2. The van der Waals surface area contributed by atoms with E-state index >= 15 is 0 Å². The lowest BCUT2D eigenvalue weighted by Crippen LogP contribution is -2.28. The summed E-state index contributed by atoms with van der Waals surface area (Å²) < 4.78 is 107. The Labute approximate surface area is 76.9 Å². The minimum atomic E-state index is -5.33. The molecule has 0 spiro atoms. The highest BCUT2D eigenvalue weighted by Crippen LogP contribution is 2.23. The fourth-order valence-electron chi connectivity index (χ4n) is 0.0583. The van der Waals surface area contributed by atoms with E-state index in [9.17, 15) is 43.9 Å². The first kappa shape index (κ1) is 16.7. The molecule has 0 unspecified atom stereocenters. The molecule has 94 valence electrons.